The molecule has 0 aromatic carbocycles. The largest absolute Gasteiger partial charge is 0.477 e. The monoisotopic (exact) mass is 275 g/mol. The van der Waals surface area contributed by atoms with Gasteiger partial charge in [-0.25, -0.2) is 14.6 Å². The van der Waals surface area contributed by atoms with Gasteiger partial charge < -0.3 is 15.7 Å². The van der Waals surface area contributed by atoms with Crippen molar-refractivity contribution in [1.82, 2.24) is 20.1 Å². The van der Waals surface area contributed by atoms with E-state index < -0.39 is 12.0 Å². The highest BCUT2D eigenvalue weighted by molar-refractivity contribution is 5.90. The van der Waals surface area contributed by atoms with E-state index in [1.54, 1.807) is 24.0 Å². The molecule has 0 aliphatic heterocycles. The number of nitrogens with zero attached hydrogens (tertiary/aromatic N) is 3. The van der Waals surface area contributed by atoms with E-state index in [2.05, 4.69) is 20.7 Å². The molecule has 0 fully saturated rings. The Morgan fingerprint density at radius 2 is 2.15 bits per heavy atom. The first-order chi connectivity index (χ1) is 9.54. The lowest BCUT2D eigenvalue weighted by Gasteiger charge is -2.06. The maximum absolute atomic E-state index is 11.6. The van der Waals surface area contributed by atoms with Gasteiger partial charge in [-0.15, -0.1) is 0 Å². The van der Waals surface area contributed by atoms with Crippen LogP contribution in [-0.2, 0) is 13.6 Å². The number of aryl methyl sites for hydroxylation is 1. The van der Waals surface area contributed by atoms with E-state index in [9.17, 15) is 9.59 Å². The van der Waals surface area contributed by atoms with Crippen molar-refractivity contribution in [3.63, 3.8) is 0 Å². The fraction of sp³-hybridized carbons (Fsp3) is 0.167. The summed E-state index contributed by atoms with van der Waals surface area (Å²) in [4.78, 5) is 25.9. The zero-order chi connectivity index (χ0) is 14.5. The van der Waals surface area contributed by atoms with Crippen LogP contribution in [0.3, 0.4) is 0 Å². The van der Waals surface area contributed by atoms with E-state index >= 15 is 0 Å². The number of nitrogens with one attached hydrogen (secondary N) is 2. The Bertz CT molecular complexity index is 620. The predicted octanol–water partition coefficient (Wildman–Crippen LogP) is 0.835. The second-order valence-corrected chi connectivity index (χ2v) is 4.03. The summed E-state index contributed by atoms with van der Waals surface area (Å²) in [6.45, 7) is 0.299. The third-order valence-electron chi connectivity index (χ3n) is 2.44. The van der Waals surface area contributed by atoms with E-state index in [0.29, 0.717) is 12.2 Å². The SMILES string of the molecule is Cn1ccc(CNC(=O)Nc2ccc(C(=O)O)nc2)n1. The number of rotatable bonds is 4. The molecule has 0 unspecified atom stereocenters. The second kappa shape index (κ2) is 5.83. The van der Waals surface area contributed by atoms with E-state index in [0.717, 1.165) is 5.69 Å². The molecular formula is C12H13N5O3. The van der Waals surface area contributed by atoms with E-state index in [4.69, 9.17) is 5.11 Å². The van der Waals surface area contributed by atoms with Gasteiger partial charge >= 0.3 is 12.0 Å². The zero-order valence-corrected chi connectivity index (χ0v) is 10.7. The van der Waals surface area contributed by atoms with Gasteiger partial charge in [0.2, 0.25) is 0 Å². The van der Waals surface area contributed by atoms with E-state index in [1.165, 1.54) is 18.3 Å². The van der Waals surface area contributed by atoms with Crippen LogP contribution in [0.5, 0.6) is 0 Å². The van der Waals surface area contributed by atoms with Crippen molar-refractivity contribution >= 4 is 17.7 Å². The number of carboxylic acid groups (broad SMARTS) is 1. The molecule has 0 aliphatic carbocycles. The Morgan fingerprint density at radius 3 is 2.70 bits per heavy atom. The van der Waals surface area contributed by atoms with Crippen molar-refractivity contribution in [1.29, 1.82) is 0 Å². The van der Waals surface area contributed by atoms with Crippen LogP contribution in [0.25, 0.3) is 0 Å². The zero-order valence-electron chi connectivity index (χ0n) is 10.7. The molecule has 2 aromatic heterocycles. The van der Waals surface area contributed by atoms with Gasteiger partial charge in [0.05, 0.1) is 24.1 Å². The minimum absolute atomic E-state index is 0.0792. The number of carbonyl (C=O) groups is 2. The lowest BCUT2D eigenvalue weighted by atomic mass is 10.3. The van der Waals surface area contributed by atoms with Gasteiger partial charge in [0, 0.05) is 13.2 Å². The minimum Gasteiger partial charge on any atom is -0.477 e. The molecule has 0 aliphatic rings. The maximum atomic E-state index is 11.6. The Hall–Kier alpha value is -2.90. The summed E-state index contributed by atoms with van der Waals surface area (Å²) in [7, 11) is 1.79. The molecule has 104 valence electrons. The Morgan fingerprint density at radius 1 is 1.35 bits per heavy atom. The molecule has 3 N–H and O–H groups in total. The molecule has 2 heterocycles. The molecule has 2 rings (SSSR count). The van der Waals surface area contributed by atoms with Gasteiger partial charge in [0.1, 0.15) is 5.69 Å². The fourth-order valence-electron chi connectivity index (χ4n) is 1.50. The first kappa shape index (κ1) is 13.5. The van der Waals surface area contributed by atoms with Crippen molar-refractivity contribution in [2.24, 2.45) is 7.05 Å². The van der Waals surface area contributed by atoms with Gasteiger partial charge in [-0.1, -0.05) is 0 Å². The van der Waals surface area contributed by atoms with E-state index in [1.807, 2.05) is 0 Å². The molecule has 0 spiro atoms. The lowest BCUT2D eigenvalue weighted by molar-refractivity contribution is 0.0690. The molecular weight excluding hydrogens is 262 g/mol. The molecule has 8 nitrogen and oxygen atoms in total. The van der Waals surface area contributed by atoms with Crippen molar-refractivity contribution < 1.29 is 14.7 Å². The number of aromatic carboxylic acids is 1. The van der Waals surface area contributed by atoms with Crippen LogP contribution in [-0.4, -0.2) is 31.9 Å². The number of hydrogen-bond donors (Lipinski definition) is 3. The number of aromatic nitrogens is 3. The molecule has 0 saturated carbocycles. The highest BCUT2D eigenvalue weighted by atomic mass is 16.4. The third kappa shape index (κ3) is 3.55. The Balaban J connectivity index is 1.86. The standard InChI is InChI=1S/C12H13N5O3/c1-17-5-4-9(16-17)7-14-12(20)15-8-2-3-10(11(18)19)13-6-8/h2-6H,7H2,1H3,(H,18,19)(H2,14,15,20). The molecule has 20 heavy (non-hydrogen) atoms. The summed E-state index contributed by atoms with van der Waals surface area (Å²) in [5, 5.41) is 18.0. The number of anilines is 1. The van der Waals surface area contributed by atoms with Crippen LogP contribution in [0, 0.1) is 0 Å². The van der Waals surface area contributed by atoms with Crippen molar-refractivity contribution in [3.05, 3.63) is 42.0 Å². The topological polar surface area (TPSA) is 109 Å². The maximum Gasteiger partial charge on any atom is 0.354 e. The first-order valence-corrected chi connectivity index (χ1v) is 5.77. The van der Waals surface area contributed by atoms with Crippen LogP contribution < -0.4 is 10.6 Å². The number of carbonyl (C=O) groups excluding carboxylic acids is 1. The predicted molar refractivity (Wildman–Crippen MR) is 70.3 cm³/mol. The van der Waals surface area contributed by atoms with Gasteiger partial charge in [-0.3, -0.25) is 4.68 Å². The van der Waals surface area contributed by atoms with Crippen LogP contribution in [0.15, 0.2) is 30.6 Å². The highest BCUT2D eigenvalue weighted by Gasteiger charge is 2.06. The number of hydrogen-bond acceptors (Lipinski definition) is 4. The molecule has 2 amide bonds. The first-order valence-electron chi connectivity index (χ1n) is 5.77. The molecule has 0 atom stereocenters. The van der Waals surface area contributed by atoms with Crippen LogP contribution in [0.4, 0.5) is 10.5 Å². The van der Waals surface area contributed by atoms with E-state index in [-0.39, 0.29) is 5.69 Å². The van der Waals surface area contributed by atoms with Crippen LogP contribution >= 0.6 is 0 Å². The molecule has 8 heteroatoms. The Kier molecular flexibility index (Phi) is 3.94. The van der Waals surface area contributed by atoms with Crippen LogP contribution in [0.1, 0.15) is 16.2 Å². The quantitative estimate of drug-likeness (QED) is 0.765. The minimum atomic E-state index is -1.11. The van der Waals surface area contributed by atoms with Crippen LogP contribution in [0.2, 0.25) is 0 Å². The summed E-state index contributed by atoms with van der Waals surface area (Å²) < 4.78 is 1.64. The summed E-state index contributed by atoms with van der Waals surface area (Å²) in [5.74, 6) is -1.11. The molecule has 0 bridgehead atoms. The number of carboxylic acids is 1. The number of pyridine rings is 1. The average Bonchev–Trinajstić information content (AvgIpc) is 2.83. The lowest BCUT2D eigenvalue weighted by Crippen LogP contribution is -2.28. The highest BCUT2D eigenvalue weighted by Crippen LogP contribution is 2.06. The van der Waals surface area contributed by atoms with Gasteiger partial charge in [0.25, 0.3) is 0 Å². The normalized spacial score (nSPS) is 10.1. The summed E-state index contributed by atoms with van der Waals surface area (Å²) in [6.07, 6.45) is 3.06. The summed E-state index contributed by atoms with van der Waals surface area (Å²) >= 11 is 0. The van der Waals surface area contributed by atoms with Gasteiger partial charge in [-0.05, 0) is 18.2 Å². The molecule has 0 saturated heterocycles. The third-order valence-corrected chi connectivity index (χ3v) is 2.44. The average molecular weight is 275 g/mol. The van der Waals surface area contributed by atoms with Crippen molar-refractivity contribution in [3.8, 4) is 0 Å². The smallest absolute Gasteiger partial charge is 0.354 e. The second-order valence-electron chi connectivity index (χ2n) is 4.03. The van der Waals surface area contributed by atoms with Crippen molar-refractivity contribution in [2.75, 3.05) is 5.32 Å². The fourth-order valence-corrected chi connectivity index (χ4v) is 1.50. The number of amides is 2. The number of urea groups is 1. The summed E-state index contributed by atoms with van der Waals surface area (Å²) in [6, 6.07) is 4.16. The van der Waals surface area contributed by atoms with Gasteiger partial charge in [-0.2, -0.15) is 5.10 Å². The summed E-state index contributed by atoms with van der Waals surface area (Å²) in [5.41, 5.74) is 1.07. The molecule has 0 radical (unpaired) electrons. The van der Waals surface area contributed by atoms with Gasteiger partial charge in [0.15, 0.2) is 0 Å². The molecule has 2 aromatic rings. The Labute approximate surface area is 114 Å². The van der Waals surface area contributed by atoms with Crippen molar-refractivity contribution in [2.45, 2.75) is 6.54 Å².